The van der Waals surface area contributed by atoms with E-state index >= 15 is 0 Å². The number of rotatable bonds is 7. The molecule has 6 heteroatoms. The van der Waals surface area contributed by atoms with Crippen LogP contribution in [0, 0.1) is 25.2 Å². The molecule has 1 aromatic carbocycles. The summed E-state index contributed by atoms with van der Waals surface area (Å²) in [6.07, 6.45) is 3.51. The number of carbonyl (C=O) groups excluding carboxylic acids is 1. The molecule has 0 aliphatic carbocycles. The van der Waals surface area contributed by atoms with Gasteiger partial charge in [0.2, 0.25) is 5.91 Å². The first-order valence-corrected chi connectivity index (χ1v) is 9.11. The molecule has 1 aromatic heterocycles. The van der Waals surface area contributed by atoms with Crippen molar-refractivity contribution in [2.75, 3.05) is 11.6 Å². The molecule has 0 atom stereocenters. The molecule has 0 saturated heterocycles. The molecular weight excluding hydrogens is 320 g/mol. The fraction of sp³-hybridized carbons (Fsp3) is 0.389. The van der Waals surface area contributed by atoms with E-state index in [0.29, 0.717) is 25.8 Å². The number of amides is 1. The lowest BCUT2D eigenvalue weighted by molar-refractivity contribution is -0.116. The Balaban J connectivity index is 1.96. The minimum absolute atomic E-state index is 0.00294. The van der Waals surface area contributed by atoms with E-state index in [0.717, 1.165) is 27.5 Å². The van der Waals surface area contributed by atoms with E-state index < -0.39 is 0 Å². The van der Waals surface area contributed by atoms with Crippen molar-refractivity contribution in [1.82, 2.24) is 9.78 Å². The van der Waals surface area contributed by atoms with Crippen molar-refractivity contribution in [3.8, 4) is 6.07 Å². The van der Waals surface area contributed by atoms with Gasteiger partial charge in [0.05, 0.1) is 24.7 Å². The Morgan fingerprint density at radius 2 is 2.21 bits per heavy atom. The van der Waals surface area contributed by atoms with Crippen LogP contribution in [0.25, 0.3) is 0 Å². The summed E-state index contributed by atoms with van der Waals surface area (Å²) < 4.78 is 1.85. The van der Waals surface area contributed by atoms with Crippen LogP contribution in [-0.2, 0) is 17.8 Å². The van der Waals surface area contributed by atoms with Crippen LogP contribution in [0.1, 0.15) is 29.8 Å². The molecule has 0 aliphatic heterocycles. The van der Waals surface area contributed by atoms with Crippen LogP contribution in [0.4, 0.5) is 5.69 Å². The maximum Gasteiger partial charge on any atom is 0.224 e. The Morgan fingerprint density at radius 1 is 1.42 bits per heavy atom. The van der Waals surface area contributed by atoms with Crippen molar-refractivity contribution in [2.45, 2.75) is 44.6 Å². The fourth-order valence-electron chi connectivity index (χ4n) is 2.63. The molecule has 2 rings (SSSR count). The molecule has 0 aliphatic rings. The number of anilines is 1. The fourth-order valence-corrected chi connectivity index (χ4v) is 3.09. The van der Waals surface area contributed by atoms with E-state index in [1.54, 1.807) is 11.8 Å². The zero-order valence-electron chi connectivity index (χ0n) is 14.3. The Bertz CT molecular complexity index is 761. The molecule has 1 N–H and O–H groups in total. The Labute approximate surface area is 147 Å². The van der Waals surface area contributed by atoms with Gasteiger partial charge in [0.1, 0.15) is 0 Å². The number of carbonyl (C=O) groups is 1. The van der Waals surface area contributed by atoms with E-state index in [4.69, 9.17) is 5.26 Å². The zero-order chi connectivity index (χ0) is 17.5. The summed E-state index contributed by atoms with van der Waals surface area (Å²) in [5.41, 5.74) is 3.90. The quantitative estimate of drug-likeness (QED) is 0.779. The van der Waals surface area contributed by atoms with Crippen LogP contribution in [0.15, 0.2) is 29.2 Å². The molecule has 0 radical (unpaired) electrons. The van der Waals surface area contributed by atoms with Gasteiger partial charge < -0.3 is 5.32 Å². The van der Waals surface area contributed by atoms with Gasteiger partial charge in [-0.15, -0.1) is 11.8 Å². The van der Waals surface area contributed by atoms with Crippen LogP contribution in [0.2, 0.25) is 0 Å². The van der Waals surface area contributed by atoms with Gasteiger partial charge in [-0.05, 0) is 50.3 Å². The number of hydrogen-bond donors (Lipinski definition) is 1. The van der Waals surface area contributed by atoms with Gasteiger partial charge in [-0.1, -0.05) is 6.07 Å². The largest absolute Gasteiger partial charge is 0.326 e. The van der Waals surface area contributed by atoms with Crippen LogP contribution in [0.3, 0.4) is 0 Å². The molecule has 2 aromatic rings. The first-order valence-electron chi connectivity index (χ1n) is 7.89. The van der Waals surface area contributed by atoms with Crippen LogP contribution >= 0.6 is 11.8 Å². The molecule has 0 spiro atoms. The van der Waals surface area contributed by atoms with Gasteiger partial charge in [0, 0.05) is 22.7 Å². The summed E-state index contributed by atoms with van der Waals surface area (Å²) in [4.78, 5) is 13.3. The van der Waals surface area contributed by atoms with Crippen molar-refractivity contribution in [3.05, 3.63) is 41.2 Å². The lowest BCUT2D eigenvalue weighted by Gasteiger charge is -2.07. The summed E-state index contributed by atoms with van der Waals surface area (Å²) in [6.45, 7) is 4.54. The monoisotopic (exact) mass is 342 g/mol. The van der Waals surface area contributed by atoms with E-state index in [1.165, 1.54) is 0 Å². The third kappa shape index (κ3) is 4.62. The Hall–Kier alpha value is -2.26. The zero-order valence-corrected chi connectivity index (χ0v) is 15.1. The number of nitrogens with one attached hydrogen (secondary N) is 1. The van der Waals surface area contributed by atoms with E-state index in [-0.39, 0.29) is 5.91 Å². The smallest absolute Gasteiger partial charge is 0.224 e. The van der Waals surface area contributed by atoms with Gasteiger partial charge in [-0.3, -0.25) is 9.48 Å². The summed E-state index contributed by atoms with van der Waals surface area (Å²) in [7, 11) is 0. The average molecular weight is 342 g/mol. The molecule has 24 heavy (non-hydrogen) atoms. The number of nitriles is 1. The van der Waals surface area contributed by atoms with E-state index in [1.807, 2.05) is 49.1 Å². The molecule has 5 nitrogen and oxygen atoms in total. The maximum atomic E-state index is 12.2. The highest BCUT2D eigenvalue weighted by molar-refractivity contribution is 7.98. The molecule has 1 amide bonds. The Kier molecular flexibility index (Phi) is 6.44. The first-order chi connectivity index (χ1) is 11.5. The maximum absolute atomic E-state index is 12.2. The minimum Gasteiger partial charge on any atom is -0.326 e. The highest BCUT2D eigenvalue weighted by atomic mass is 32.2. The number of hydrogen-bond acceptors (Lipinski definition) is 4. The number of thioether (sulfide) groups is 1. The van der Waals surface area contributed by atoms with Crippen molar-refractivity contribution in [3.63, 3.8) is 0 Å². The standard InChI is InChI=1S/C18H22N4OS/c1-13-17(14(2)22(21-13)11-5-10-19)8-9-18(23)20-15-6-4-7-16(12-15)24-3/h4,6-7,12H,5,8-9,11H2,1-3H3,(H,20,23). The summed E-state index contributed by atoms with van der Waals surface area (Å²) in [5.74, 6) is -0.00294. The Morgan fingerprint density at radius 3 is 2.92 bits per heavy atom. The molecule has 1 heterocycles. The van der Waals surface area contributed by atoms with E-state index in [2.05, 4.69) is 16.5 Å². The first kappa shape index (κ1) is 18.1. The number of benzene rings is 1. The van der Waals surface area contributed by atoms with Gasteiger partial charge in [0.15, 0.2) is 0 Å². The third-order valence-electron chi connectivity index (χ3n) is 3.92. The second kappa shape index (κ2) is 8.55. The van der Waals surface area contributed by atoms with E-state index in [9.17, 15) is 4.79 Å². The predicted octanol–water partition coefficient (Wildman–Crippen LogP) is 3.71. The number of aromatic nitrogens is 2. The van der Waals surface area contributed by atoms with Crippen molar-refractivity contribution >= 4 is 23.4 Å². The summed E-state index contributed by atoms with van der Waals surface area (Å²) in [5, 5.41) is 16.1. The third-order valence-corrected chi connectivity index (χ3v) is 4.65. The normalized spacial score (nSPS) is 10.4. The van der Waals surface area contributed by atoms with Crippen LogP contribution < -0.4 is 5.32 Å². The molecule has 0 saturated carbocycles. The highest BCUT2D eigenvalue weighted by Gasteiger charge is 2.13. The highest BCUT2D eigenvalue weighted by Crippen LogP contribution is 2.20. The molecular formula is C18H22N4OS. The molecule has 0 unspecified atom stereocenters. The molecule has 0 bridgehead atoms. The van der Waals surface area contributed by atoms with Crippen LogP contribution in [-0.4, -0.2) is 21.9 Å². The summed E-state index contributed by atoms with van der Waals surface area (Å²) >= 11 is 1.65. The number of nitrogens with zero attached hydrogens (tertiary/aromatic N) is 3. The van der Waals surface area contributed by atoms with Gasteiger partial charge in [-0.25, -0.2) is 0 Å². The predicted molar refractivity (Wildman–Crippen MR) is 97.1 cm³/mol. The average Bonchev–Trinajstić information content (AvgIpc) is 2.85. The van der Waals surface area contributed by atoms with Crippen molar-refractivity contribution in [2.24, 2.45) is 0 Å². The van der Waals surface area contributed by atoms with Crippen molar-refractivity contribution < 1.29 is 4.79 Å². The second-order valence-electron chi connectivity index (χ2n) is 5.56. The van der Waals surface area contributed by atoms with Crippen molar-refractivity contribution in [1.29, 1.82) is 5.26 Å². The molecule has 126 valence electrons. The molecule has 0 fully saturated rings. The second-order valence-corrected chi connectivity index (χ2v) is 6.44. The summed E-state index contributed by atoms with van der Waals surface area (Å²) in [6, 6.07) is 9.96. The van der Waals surface area contributed by atoms with Crippen LogP contribution in [0.5, 0.6) is 0 Å². The lowest BCUT2D eigenvalue weighted by Crippen LogP contribution is -2.12. The van der Waals surface area contributed by atoms with Gasteiger partial charge in [0.25, 0.3) is 0 Å². The number of aryl methyl sites for hydroxylation is 2. The SMILES string of the molecule is CSc1cccc(NC(=O)CCc2c(C)nn(CCC#N)c2C)c1. The minimum atomic E-state index is -0.00294. The lowest BCUT2D eigenvalue weighted by atomic mass is 10.1. The van der Waals surface area contributed by atoms with Gasteiger partial charge >= 0.3 is 0 Å². The topological polar surface area (TPSA) is 70.7 Å². The van der Waals surface area contributed by atoms with Gasteiger partial charge in [-0.2, -0.15) is 10.4 Å².